The monoisotopic (exact) mass is 478 g/mol. The van der Waals surface area contributed by atoms with Crippen molar-refractivity contribution in [3.05, 3.63) is 67.6 Å². The zero-order valence-corrected chi connectivity index (χ0v) is 17.3. The molecule has 0 N–H and O–H groups in total. The maximum Gasteiger partial charge on any atom is 0.310 e. The molecule has 0 saturated carbocycles. The smallest absolute Gasteiger partial charge is 0.310 e. The fourth-order valence-electron chi connectivity index (χ4n) is 4.56. The fraction of sp³-hybridized carbons (Fsp3) is 0.300. The summed E-state index contributed by atoms with van der Waals surface area (Å²) in [6.07, 6.45) is 0. The van der Waals surface area contributed by atoms with Gasteiger partial charge in [0.15, 0.2) is 0 Å². The maximum absolute atomic E-state index is 12.7. The van der Waals surface area contributed by atoms with Gasteiger partial charge in [-0.1, -0.05) is 44.0 Å². The minimum absolute atomic E-state index is 0.243. The summed E-state index contributed by atoms with van der Waals surface area (Å²) in [5.41, 5.74) is 4.27. The van der Waals surface area contributed by atoms with E-state index in [1.165, 1.54) is 14.2 Å². The SMILES string of the molecule is COC(=O)[C@@H]1[C@@H]2c3cc(Br)ccc3[C@@H](c3cc(Br)ccc32)[C@@H]1C(=O)OC. The van der Waals surface area contributed by atoms with Crippen LogP contribution in [0.4, 0.5) is 0 Å². The molecule has 0 fully saturated rings. The molecule has 0 heterocycles. The Kier molecular flexibility index (Phi) is 4.43. The van der Waals surface area contributed by atoms with E-state index in [0.29, 0.717) is 0 Å². The van der Waals surface area contributed by atoms with E-state index in [2.05, 4.69) is 31.9 Å². The van der Waals surface area contributed by atoms with Crippen LogP contribution in [0.5, 0.6) is 0 Å². The summed E-state index contributed by atoms with van der Waals surface area (Å²) in [6, 6.07) is 12.1. The molecule has 2 aromatic rings. The number of carbonyl (C=O) groups is 2. The molecule has 6 heteroatoms. The van der Waals surface area contributed by atoms with Gasteiger partial charge in [-0.25, -0.2) is 0 Å². The highest BCUT2D eigenvalue weighted by Gasteiger charge is 2.56. The Hall–Kier alpha value is -1.66. The van der Waals surface area contributed by atoms with E-state index >= 15 is 0 Å². The van der Waals surface area contributed by atoms with Crippen molar-refractivity contribution >= 4 is 43.8 Å². The summed E-state index contributed by atoms with van der Waals surface area (Å²) in [5, 5.41) is 0. The van der Waals surface area contributed by atoms with Crippen LogP contribution in [0, 0.1) is 11.8 Å². The van der Waals surface area contributed by atoms with Gasteiger partial charge in [0.1, 0.15) is 0 Å². The van der Waals surface area contributed by atoms with Crippen LogP contribution in [-0.4, -0.2) is 26.2 Å². The molecule has 134 valence electrons. The minimum Gasteiger partial charge on any atom is -0.469 e. The van der Waals surface area contributed by atoms with Crippen molar-refractivity contribution in [2.75, 3.05) is 14.2 Å². The van der Waals surface area contributed by atoms with Crippen molar-refractivity contribution in [2.24, 2.45) is 11.8 Å². The number of hydrogen-bond acceptors (Lipinski definition) is 4. The van der Waals surface area contributed by atoms with Gasteiger partial charge in [0.05, 0.1) is 26.1 Å². The normalized spacial score (nSPS) is 25.2. The van der Waals surface area contributed by atoms with Crippen LogP contribution in [0.15, 0.2) is 45.3 Å². The number of fused-ring (bicyclic) bond motifs is 1. The molecule has 3 aliphatic carbocycles. The third-order valence-corrected chi connectivity index (χ3v) is 6.48. The lowest BCUT2D eigenvalue weighted by atomic mass is 9.54. The first-order valence-electron chi connectivity index (χ1n) is 8.22. The van der Waals surface area contributed by atoms with Gasteiger partial charge in [0.2, 0.25) is 0 Å². The highest BCUT2D eigenvalue weighted by atomic mass is 79.9. The molecular weight excluding hydrogens is 464 g/mol. The Morgan fingerprint density at radius 1 is 0.731 bits per heavy atom. The van der Waals surface area contributed by atoms with Crippen LogP contribution in [-0.2, 0) is 19.1 Å². The van der Waals surface area contributed by atoms with E-state index in [0.717, 1.165) is 31.2 Å². The second-order valence-electron chi connectivity index (χ2n) is 6.60. The molecule has 4 atom stereocenters. The lowest BCUT2D eigenvalue weighted by Gasteiger charge is -2.48. The largest absolute Gasteiger partial charge is 0.469 e. The van der Waals surface area contributed by atoms with E-state index in [4.69, 9.17) is 9.47 Å². The zero-order valence-electron chi connectivity index (χ0n) is 14.2. The summed E-state index contributed by atoms with van der Waals surface area (Å²) < 4.78 is 12.1. The van der Waals surface area contributed by atoms with E-state index in [1.54, 1.807) is 0 Å². The number of ether oxygens (including phenoxy) is 2. The Morgan fingerprint density at radius 3 is 1.46 bits per heavy atom. The number of carbonyl (C=O) groups excluding carboxylic acids is 2. The van der Waals surface area contributed by atoms with Crippen molar-refractivity contribution in [2.45, 2.75) is 11.8 Å². The first kappa shape index (κ1) is 17.7. The number of hydrogen-bond donors (Lipinski definition) is 0. The molecule has 2 bridgehead atoms. The van der Waals surface area contributed by atoms with Gasteiger partial charge in [0.25, 0.3) is 0 Å². The Balaban J connectivity index is 2.04. The number of benzene rings is 2. The highest BCUT2D eigenvalue weighted by molar-refractivity contribution is 9.10. The Morgan fingerprint density at radius 2 is 1.12 bits per heavy atom. The highest BCUT2D eigenvalue weighted by Crippen LogP contribution is 2.59. The Labute approximate surface area is 168 Å². The predicted molar refractivity (Wildman–Crippen MR) is 103 cm³/mol. The maximum atomic E-state index is 12.7. The van der Waals surface area contributed by atoms with Crippen molar-refractivity contribution in [3.8, 4) is 0 Å². The van der Waals surface area contributed by atoms with E-state index in [-0.39, 0.29) is 23.8 Å². The zero-order chi connectivity index (χ0) is 18.6. The van der Waals surface area contributed by atoms with E-state index in [9.17, 15) is 9.59 Å². The quantitative estimate of drug-likeness (QED) is 0.600. The van der Waals surface area contributed by atoms with Crippen molar-refractivity contribution in [1.29, 1.82) is 0 Å². The van der Waals surface area contributed by atoms with Crippen molar-refractivity contribution in [3.63, 3.8) is 0 Å². The minimum atomic E-state index is -0.604. The molecule has 0 spiro atoms. The molecule has 2 aromatic carbocycles. The third kappa shape index (κ3) is 2.46. The predicted octanol–water partition coefficient (Wildman–Crippen LogP) is 4.38. The van der Waals surface area contributed by atoms with Gasteiger partial charge < -0.3 is 9.47 Å². The Bertz CT molecular complexity index is 849. The van der Waals surface area contributed by atoms with Crippen molar-refractivity contribution in [1.82, 2.24) is 0 Å². The number of methoxy groups -OCH3 is 2. The van der Waals surface area contributed by atoms with Crippen molar-refractivity contribution < 1.29 is 19.1 Å². The molecular formula is C20H16Br2O4. The average molecular weight is 480 g/mol. The summed E-state index contributed by atoms with van der Waals surface area (Å²) in [7, 11) is 2.73. The van der Waals surface area contributed by atoms with Crippen LogP contribution in [0.2, 0.25) is 0 Å². The van der Waals surface area contributed by atoms with E-state index < -0.39 is 11.8 Å². The molecule has 0 saturated heterocycles. The molecule has 5 rings (SSSR count). The lowest BCUT2D eigenvalue weighted by molar-refractivity contribution is -0.160. The summed E-state index contributed by atoms with van der Waals surface area (Å²) in [5.74, 6) is -2.45. The second-order valence-corrected chi connectivity index (χ2v) is 8.43. The molecule has 0 amide bonds. The van der Waals surface area contributed by atoms with Crippen LogP contribution < -0.4 is 0 Å². The number of esters is 2. The van der Waals surface area contributed by atoms with Crippen LogP contribution in [0.25, 0.3) is 0 Å². The van der Waals surface area contributed by atoms with E-state index in [1.807, 2.05) is 36.4 Å². The van der Waals surface area contributed by atoms with Crippen LogP contribution >= 0.6 is 31.9 Å². The topological polar surface area (TPSA) is 52.6 Å². The molecule has 0 unspecified atom stereocenters. The average Bonchev–Trinajstić information content (AvgIpc) is 2.65. The lowest BCUT2D eigenvalue weighted by Crippen LogP contribution is -2.47. The van der Waals surface area contributed by atoms with Crippen LogP contribution in [0.1, 0.15) is 34.1 Å². The molecule has 4 nitrogen and oxygen atoms in total. The first-order chi connectivity index (χ1) is 12.5. The molecule has 26 heavy (non-hydrogen) atoms. The third-order valence-electron chi connectivity index (χ3n) is 5.49. The second kappa shape index (κ2) is 6.50. The summed E-state index contributed by atoms with van der Waals surface area (Å²) in [4.78, 5) is 25.4. The first-order valence-corrected chi connectivity index (χ1v) is 9.81. The van der Waals surface area contributed by atoms with Gasteiger partial charge in [-0.2, -0.15) is 0 Å². The summed E-state index contributed by atoms with van der Waals surface area (Å²) in [6.45, 7) is 0. The van der Waals surface area contributed by atoms with Gasteiger partial charge >= 0.3 is 11.9 Å². The van der Waals surface area contributed by atoms with Gasteiger partial charge in [-0.3, -0.25) is 9.59 Å². The standard InChI is InChI=1S/C20H16Br2O4/c1-25-19(23)17-15-11-5-3-10(22)8-14(11)16(18(17)20(24)26-2)12-6-4-9(21)7-13(12)15/h3-8,15-18H,1-2H3/t15-,16-,17-,18+/m0/s1. The number of halogens is 2. The molecule has 0 radical (unpaired) electrons. The van der Waals surface area contributed by atoms with Crippen LogP contribution in [0.3, 0.4) is 0 Å². The molecule has 3 aliphatic rings. The van der Waals surface area contributed by atoms with Gasteiger partial charge in [-0.15, -0.1) is 0 Å². The molecule has 0 aliphatic heterocycles. The van der Waals surface area contributed by atoms with Gasteiger partial charge in [0, 0.05) is 20.8 Å². The van der Waals surface area contributed by atoms with Gasteiger partial charge in [-0.05, 0) is 46.5 Å². The fourth-order valence-corrected chi connectivity index (χ4v) is 5.32. The number of rotatable bonds is 2. The molecule has 0 aromatic heterocycles. The summed E-state index contributed by atoms with van der Waals surface area (Å²) >= 11 is 7.06.